The van der Waals surface area contributed by atoms with Crippen LogP contribution in [-0.2, 0) is 7.05 Å². The molecule has 1 saturated heterocycles. The number of halogens is 4. The Balaban J connectivity index is 0.00000306. The van der Waals surface area contributed by atoms with Crippen molar-refractivity contribution in [1.82, 2.24) is 30.0 Å². The van der Waals surface area contributed by atoms with Gasteiger partial charge in [0.1, 0.15) is 5.69 Å². The average Bonchev–Trinajstić information content (AvgIpc) is 3.40. The number of nitrogens with zero attached hydrogens (tertiary/aromatic N) is 4. The SMILES string of the molecule is Cl.Cn1c(-c2cn[nH]c2C(F)F)cnc1C(=O)Nc1ccc(C(=O)N2CCNCC2)c(Cl)c1. The van der Waals surface area contributed by atoms with Gasteiger partial charge in [-0.25, -0.2) is 13.8 Å². The molecule has 2 aromatic heterocycles. The van der Waals surface area contributed by atoms with Crippen LogP contribution in [0.2, 0.25) is 5.02 Å². The summed E-state index contributed by atoms with van der Waals surface area (Å²) in [6, 6.07) is 4.63. The first-order chi connectivity index (χ1) is 15.4. The number of aromatic nitrogens is 4. The number of benzene rings is 1. The van der Waals surface area contributed by atoms with E-state index in [2.05, 4.69) is 25.8 Å². The van der Waals surface area contributed by atoms with Crippen molar-refractivity contribution in [3.63, 3.8) is 0 Å². The highest BCUT2D eigenvalue weighted by atomic mass is 35.5. The maximum atomic E-state index is 13.2. The standard InChI is InChI=1S/C20H20ClF2N7O2.ClH/c1-29-15(13-9-26-28-16(13)17(22)23)10-25-18(29)19(31)27-11-2-3-12(14(21)8-11)20(32)30-6-4-24-5-7-30;/h2-3,8-10,17,24H,4-7H2,1H3,(H,26,28)(H,27,31);1H. The minimum absolute atomic E-state index is 0. The molecule has 0 unspecified atom stereocenters. The molecule has 0 aliphatic carbocycles. The average molecular weight is 500 g/mol. The number of amides is 2. The smallest absolute Gasteiger partial charge is 0.291 e. The number of imidazole rings is 1. The second-order valence-electron chi connectivity index (χ2n) is 7.22. The summed E-state index contributed by atoms with van der Waals surface area (Å²) < 4.78 is 27.7. The van der Waals surface area contributed by atoms with Crippen molar-refractivity contribution in [3.05, 3.63) is 52.7 Å². The van der Waals surface area contributed by atoms with E-state index in [9.17, 15) is 18.4 Å². The number of H-pyrrole nitrogens is 1. The molecule has 1 aliphatic heterocycles. The Labute approximate surface area is 198 Å². The quantitative estimate of drug-likeness (QED) is 0.499. The van der Waals surface area contributed by atoms with Crippen LogP contribution in [0.1, 0.15) is 33.1 Å². The summed E-state index contributed by atoms with van der Waals surface area (Å²) in [7, 11) is 1.54. The number of aromatic amines is 1. The number of carbonyl (C=O) groups is 2. The van der Waals surface area contributed by atoms with Crippen LogP contribution in [0.5, 0.6) is 0 Å². The van der Waals surface area contributed by atoms with Gasteiger partial charge in [-0.2, -0.15) is 5.10 Å². The summed E-state index contributed by atoms with van der Waals surface area (Å²) >= 11 is 6.31. The predicted octanol–water partition coefficient (Wildman–Crippen LogP) is 3.12. The lowest BCUT2D eigenvalue weighted by Gasteiger charge is -2.27. The van der Waals surface area contributed by atoms with Gasteiger partial charge in [-0.05, 0) is 18.2 Å². The Hall–Kier alpha value is -3.02. The Kier molecular flexibility index (Phi) is 7.67. The van der Waals surface area contributed by atoms with Crippen molar-refractivity contribution in [2.75, 3.05) is 31.5 Å². The van der Waals surface area contributed by atoms with E-state index in [0.717, 1.165) is 13.1 Å². The third kappa shape index (κ3) is 5.00. The molecule has 0 saturated carbocycles. The third-order valence-electron chi connectivity index (χ3n) is 5.22. The Bertz CT molecular complexity index is 1160. The molecule has 3 heterocycles. The highest BCUT2D eigenvalue weighted by Crippen LogP contribution is 2.29. The van der Waals surface area contributed by atoms with E-state index in [1.165, 1.54) is 23.0 Å². The number of anilines is 1. The molecule has 0 radical (unpaired) electrons. The topological polar surface area (TPSA) is 108 Å². The number of nitrogens with one attached hydrogen (secondary N) is 3. The van der Waals surface area contributed by atoms with Crippen LogP contribution < -0.4 is 10.6 Å². The monoisotopic (exact) mass is 499 g/mol. The van der Waals surface area contributed by atoms with Gasteiger partial charge in [0.2, 0.25) is 0 Å². The van der Waals surface area contributed by atoms with Crippen molar-refractivity contribution >= 4 is 41.5 Å². The molecule has 13 heteroatoms. The second-order valence-corrected chi connectivity index (χ2v) is 7.62. The van der Waals surface area contributed by atoms with E-state index in [0.29, 0.717) is 30.0 Å². The molecule has 4 rings (SSSR count). The predicted molar refractivity (Wildman–Crippen MR) is 121 cm³/mol. The van der Waals surface area contributed by atoms with Crippen LogP contribution in [0.3, 0.4) is 0 Å². The number of alkyl halides is 2. The molecule has 3 aromatic rings. The Morgan fingerprint density at radius 1 is 1.21 bits per heavy atom. The summed E-state index contributed by atoms with van der Waals surface area (Å²) in [5.41, 5.74) is 0.849. The number of carbonyl (C=O) groups excluding carboxylic acids is 2. The van der Waals surface area contributed by atoms with E-state index in [1.54, 1.807) is 24.1 Å². The summed E-state index contributed by atoms with van der Waals surface area (Å²) in [6.45, 7) is 2.64. The summed E-state index contributed by atoms with van der Waals surface area (Å²) in [5, 5.41) is 12.0. The molecule has 176 valence electrons. The van der Waals surface area contributed by atoms with E-state index >= 15 is 0 Å². The normalized spacial score (nSPS) is 13.7. The van der Waals surface area contributed by atoms with Gasteiger partial charge in [0.05, 0.1) is 28.7 Å². The largest absolute Gasteiger partial charge is 0.336 e. The maximum Gasteiger partial charge on any atom is 0.291 e. The van der Waals surface area contributed by atoms with Crippen molar-refractivity contribution < 1.29 is 18.4 Å². The highest BCUT2D eigenvalue weighted by Gasteiger charge is 2.23. The summed E-state index contributed by atoms with van der Waals surface area (Å²) in [4.78, 5) is 31.2. The van der Waals surface area contributed by atoms with Crippen molar-refractivity contribution in [2.45, 2.75) is 6.43 Å². The van der Waals surface area contributed by atoms with E-state index < -0.39 is 12.3 Å². The maximum absolute atomic E-state index is 13.2. The number of hydrogen-bond donors (Lipinski definition) is 3. The fourth-order valence-electron chi connectivity index (χ4n) is 3.53. The van der Waals surface area contributed by atoms with Crippen LogP contribution in [0.25, 0.3) is 11.3 Å². The second kappa shape index (κ2) is 10.3. The number of hydrogen-bond acceptors (Lipinski definition) is 5. The molecule has 3 N–H and O–H groups in total. The molecule has 1 aliphatic rings. The van der Waals surface area contributed by atoms with Gasteiger partial charge in [0.25, 0.3) is 18.2 Å². The summed E-state index contributed by atoms with van der Waals surface area (Å²) in [5.74, 6) is -0.713. The van der Waals surface area contributed by atoms with Gasteiger partial charge < -0.3 is 20.1 Å². The first-order valence-electron chi connectivity index (χ1n) is 9.81. The zero-order valence-electron chi connectivity index (χ0n) is 17.4. The lowest BCUT2D eigenvalue weighted by atomic mass is 10.1. The highest BCUT2D eigenvalue weighted by molar-refractivity contribution is 6.34. The third-order valence-corrected chi connectivity index (χ3v) is 5.53. The molecule has 0 atom stereocenters. The minimum Gasteiger partial charge on any atom is -0.336 e. The molecule has 0 bridgehead atoms. The molecular formula is C20H21Cl2F2N7O2. The Morgan fingerprint density at radius 3 is 2.61 bits per heavy atom. The first kappa shape index (κ1) is 24.6. The lowest BCUT2D eigenvalue weighted by Crippen LogP contribution is -2.46. The molecular weight excluding hydrogens is 479 g/mol. The van der Waals surface area contributed by atoms with Crippen LogP contribution >= 0.6 is 24.0 Å². The summed E-state index contributed by atoms with van der Waals surface area (Å²) in [6.07, 6.45) is -0.161. The van der Waals surface area contributed by atoms with Crippen molar-refractivity contribution in [2.24, 2.45) is 7.05 Å². The van der Waals surface area contributed by atoms with Crippen LogP contribution in [-0.4, -0.2) is 62.6 Å². The van der Waals surface area contributed by atoms with Gasteiger partial charge in [-0.1, -0.05) is 11.6 Å². The van der Waals surface area contributed by atoms with Gasteiger partial charge in [0, 0.05) is 44.5 Å². The van der Waals surface area contributed by atoms with Gasteiger partial charge >= 0.3 is 0 Å². The van der Waals surface area contributed by atoms with E-state index in [4.69, 9.17) is 11.6 Å². The molecule has 0 spiro atoms. The van der Waals surface area contributed by atoms with E-state index in [1.807, 2.05) is 0 Å². The number of rotatable bonds is 5. The molecule has 1 fully saturated rings. The molecule has 33 heavy (non-hydrogen) atoms. The first-order valence-corrected chi connectivity index (χ1v) is 10.2. The zero-order chi connectivity index (χ0) is 22.8. The Morgan fingerprint density at radius 2 is 1.94 bits per heavy atom. The molecule has 2 amide bonds. The molecule has 9 nitrogen and oxygen atoms in total. The van der Waals surface area contributed by atoms with Gasteiger partial charge in [-0.15, -0.1) is 12.4 Å². The molecule has 1 aromatic carbocycles. The van der Waals surface area contributed by atoms with Gasteiger partial charge in [0.15, 0.2) is 5.82 Å². The van der Waals surface area contributed by atoms with Crippen LogP contribution in [0.4, 0.5) is 14.5 Å². The lowest BCUT2D eigenvalue weighted by molar-refractivity contribution is 0.0736. The number of piperazine rings is 1. The van der Waals surface area contributed by atoms with Crippen molar-refractivity contribution in [1.29, 1.82) is 0 Å². The van der Waals surface area contributed by atoms with E-state index in [-0.39, 0.29) is 40.4 Å². The van der Waals surface area contributed by atoms with Crippen LogP contribution in [0.15, 0.2) is 30.6 Å². The van der Waals surface area contributed by atoms with Crippen LogP contribution in [0, 0.1) is 0 Å². The fraction of sp³-hybridized carbons (Fsp3) is 0.300. The van der Waals surface area contributed by atoms with Crippen molar-refractivity contribution in [3.8, 4) is 11.3 Å². The zero-order valence-corrected chi connectivity index (χ0v) is 19.0. The van der Waals surface area contributed by atoms with Gasteiger partial charge in [-0.3, -0.25) is 14.7 Å². The fourth-order valence-corrected chi connectivity index (χ4v) is 3.79. The minimum atomic E-state index is -2.75.